The molecule has 1 fully saturated rings. The Morgan fingerprint density at radius 3 is 3.11 bits per heavy atom. The number of nitrogens with one attached hydrogen (secondary N) is 1. The Bertz CT molecular complexity index is 566. The van der Waals surface area contributed by atoms with Crippen LogP contribution in [-0.2, 0) is 0 Å². The fraction of sp³-hybridized carbons (Fsp3) is 0.500. The van der Waals surface area contributed by atoms with Crippen molar-refractivity contribution in [1.29, 1.82) is 0 Å². The Labute approximate surface area is 112 Å². The number of nitrogens with zero attached hydrogens (tertiary/aromatic N) is 3. The molecule has 2 atom stereocenters. The first-order chi connectivity index (χ1) is 9.22. The van der Waals surface area contributed by atoms with Gasteiger partial charge >= 0.3 is 0 Å². The van der Waals surface area contributed by atoms with Crippen molar-refractivity contribution in [2.75, 3.05) is 6.54 Å². The van der Waals surface area contributed by atoms with E-state index >= 15 is 0 Å². The summed E-state index contributed by atoms with van der Waals surface area (Å²) in [6, 6.07) is 4.09. The molecule has 1 aliphatic rings. The molecular formula is C14H18N4O. The number of hydrogen-bond donors (Lipinski definition) is 1. The molecular weight excluding hydrogens is 240 g/mol. The van der Waals surface area contributed by atoms with Gasteiger partial charge in [0.05, 0.1) is 6.04 Å². The van der Waals surface area contributed by atoms with Crippen LogP contribution in [0.4, 0.5) is 0 Å². The van der Waals surface area contributed by atoms with E-state index < -0.39 is 0 Å². The molecule has 2 aromatic rings. The molecule has 0 aromatic carbocycles. The zero-order chi connectivity index (χ0) is 13.2. The Kier molecular flexibility index (Phi) is 3.29. The Morgan fingerprint density at radius 1 is 1.42 bits per heavy atom. The molecule has 2 aromatic heterocycles. The zero-order valence-electron chi connectivity index (χ0n) is 11.3. The quantitative estimate of drug-likeness (QED) is 0.896. The highest BCUT2D eigenvalue weighted by Gasteiger charge is 2.25. The van der Waals surface area contributed by atoms with E-state index in [1.807, 2.05) is 19.1 Å². The summed E-state index contributed by atoms with van der Waals surface area (Å²) in [6.45, 7) is 5.29. The summed E-state index contributed by atoms with van der Waals surface area (Å²) in [5.41, 5.74) is 1.90. The van der Waals surface area contributed by atoms with Crippen molar-refractivity contribution < 1.29 is 4.52 Å². The van der Waals surface area contributed by atoms with E-state index in [0.29, 0.717) is 17.6 Å². The predicted octanol–water partition coefficient (Wildman–Crippen LogP) is 2.50. The van der Waals surface area contributed by atoms with Crippen molar-refractivity contribution in [2.24, 2.45) is 5.92 Å². The summed E-state index contributed by atoms with van der Waals surface area (Å²) in [5.74, 6) is 1.93. The lowest BCUT2D eigenvalue weighted by Gasteiger charge is -2.25. The van der Waals surface area contributed by atoms with Crippen molar-refractivity contribution in [1.82, 2.24) is 20.4 Å². The van der Waals surface area contributed by atoms with Gasteiger partial charge in [-0.1, -0.05) is 12.1 Å². The van der Waals surface area contributed by atoms with Gasteiger partial charge in [0, 0.05) is 6.20 Å². The lowest BCUT2D eigenvalue weighted by atomic mass is 9.94. The SMILES string of the molecule is Cc1ccnc(-c2noc(C3CC(C)CCN3)n2)c1. The Hall–Kier alpha value is -1.75. The van der Waals surface area contributed by atoms with Crippen LogP contribution in [0.1, 0.15) is 37.3 Å². The van der Waals surface area contributed by atoms with Gasteiger partial charge in [-0.15, -0.1) is 0 Å². The van der Waals surface area contributed by atoms with Gasteiger partial charge in [-0.05, 0) is 49.9 Å². The van der Waals surface area contributed by atoms with Crippen LogP contribution in [0, 0.1) is 12.8 Å². The van der Waals surface area contributed by atoms with Gasteiger partial charge in [-0.3, -0.25) is 4.98 Å². The molecule has 0 amide bonds. The van der Waals surface area contributed by atoms with E-state index in [9.17, 15) is 0 Å². The Morgan fingerprint density at radius 2 is 2.32 bits per heavy atom. The minimum atomic E-state index is 0.176. The summed E-state index contributed by atoms with van der Waals surface area (Å²) in [7, 11) is 0. The van der Waals surface area contributed by atoms with E-state index in [4.69, 9.17) is 4.52 Å². The van der Waals surface area contributed by atoms with Crippen molar-refractivity contribution in [2.45, 2.75) is 32.7 Å². The van der Waals surface area contributed by atoms with Crippen LogP contribution >= 0.6 is 0 Å². The molecule has 5 heteroatoms. The monoisotopic (exact) mass is 258 g/mol. The minimum Gasteiger partial charge on any atom is -0.337 e. The van der Waals surface area contributed by atoms with Gasteiger partial charge in [0.2, 0.25) is 11.7 Å². The highest BCUT2D eigenvalue weighted by molar-refractivity contribution is 5.48. The Balaban J connectivity index is 1.83. The second-order valence-corrected chi connectivity index (χ2v) is 5.31. The molecule has 0 spiro atoms. The topological polar surface area (TPSA) is 63.8 Å². The molecule has 0 bridgehead atoms. The highest BCUT2D eigenvalue weighted by Crippen LogP contribution is 2.27. The van der Waals surface area contributed by atoms with Crippen LogP contribution in [0.3, 0.4) is 0 Å². The summed E-state index contributed by atoms with van der Waals surface area (Å²) in [6.07, 6.45) is 4.02. The molecule has 5 nitrogen and oxygen atoms in total. The summed E-state index contributed by atoms with van der Waals surface area (Å²) in [5, 5.41) is 7.46. The van der Waals surface area contributed by atoms with E-state index in [1.165, 1.54) is 6.42 Å². The summed E-state index contributed by atoms with van der Waals surface area (Å²) in [4.78, 5) is 8.75. The summed E-state index contributed by atoms with van der Waals surface area (Å²) < 4.78 is 5.38. The number of aromatic nitrogens is 3. The number of aryl methyl sites for hydroxylation is 1. The third kappa shape index (κ3) is 2.66. The fourth-order valence-corrected chi connectivity index (χ4v) is 2.43. The van der Waals surface area contributed by atoms with Crippen LogP contribution in [0.25, 0.3) is 11.5 Å². The molecule has 1 N–H and O–H groups in total. The fourth-order valence-electron chi connectivity index (χ4n) is 2.43. The van der Waals surface area contributed by atoms with E-state index in [1.54, 1.807) is 6.20 Å². The first-order valence-corrected chi connectivity index (χ1v) is 6.72. The van der Waals surface area contributed by atoms with Crippen molar-refractivity contribution >= 4 is 0 Å². The first-order valence-electron chi connectivity index (χ1n) is 6.72. The molecule has 0 saturated carbocycles. The zero-order valence-corrected chi connectivity index (χ0v) is 11.3. The molecule has 3 heterocycles. The van der Waals surface area contributed by atoms with Gasteiger partial charge in [0.1, 0.15) is 5.69 Å². The van der Waals surface area contributed by atoms with E-state index in [2.05, 4.69) is 27.4 Å². The van der Waals surface area contributed by atoms with E-state index in [-0.39, 0.29) is 6.04 Å². The molecule has 2 unspecified atom stereocenters. The first kappa shape index (κ1) is 12.3. The van der Waals surface area contributed by atoms with Gasteiger partial charge in [0.15, 0.2) is 0 Å². The molecule has 1 saturated heterocycles. The lowest BCUT2D eigenvalue weighted by molar-refractivity contribution is 0.260. The van der Waals surface area contributed by atoms with Crippen molar-refractivity contribution in [3.8, 4) is 11.5 Å². The van der Waals surface area contributed by atoms with Crippen LogP contribution < -0.4 is 5.32 Å². The van der Waals surface area contributed by atoms with E-state index in [0.717, 1.165) is 24.2 Å². The van der Waals surface area contributed by atoms with Crippen molar-refractivity contribution in [3.05, 3.63) is 29.8 Å². The largest absolute Gasteiger partial charge is 0.337 e. The number of hydrogen-bond acceptors (Lipinski definition) is 5. The molecule has 100 valence electrons. The van der Waals surface area contributed by atoms with Gasteiger partial charge in [-0.2, -0.15) is 4.98 Å². The van der Waals surface area contributed by atoms with Crippen LogP contribution in [0.5, 0.6) is 0 Å². The third-order valence-electron chi connectivity index (χ3n) is 3.55. The second-order valence-electron chi connectivity index (χ2n) is 5.31. The smallest absolute Gasteiger partial charge is 0.244 e. The molecule has 1 aliphatic heterocycles. The number of piperidine rings is 1. The molecule has 19 heavy (non-hydrogen) atoms. The lowest BCUT2D eigenvalue weighted by Crippen LogP contribution is -2.30. The third-order valence-corrected chi connectivity index (χ3v) is 3.55. The maximum absolute atomic E-state index is 5.38. The van der Waals surface area contributed by atoms with Gasteiger partial charge in [0.25, 0.3) is 0 Å². The number of pyridine rings is 1. The normalized spacial score (nSPS) is 23.5. The number of rotatable bonds is 2. The second kappa shape index (κ2) is 5.09. The van der Waals surface area contributed by atoms with Crippen LogP contribution in [0.15, 0.2) is 22.9 Å². The average Bonchev–Trinajstić information content (AvgIpc) is 2.88. The van der Waals surface area contributed by atoms with Gasteiger partial charge in [-0.25, -0.2) is 0 Å². The standard InChI is InChI=1S/C14H18N4O/c1-9-3-5-15-11(7-9)13-17-14(19-18-13)12-8-10(2)4-6-16-12/h3,5,7,10,12,16H,4,6,8H2,1-2H3. The molecule has 0 aliphatic carbocycles. The average molecular weight is 258 g/mol. The maximum atomic E-state index is 5.38. The van der Waals surface area contributed by atoms with Crippen LogP contribution in [0.2, 0.25) is 0 Å². The minimum absolute atomic E-state index is 0.176. The van der Waals surface area contributed by atoms with Crippen molar-refractivity contribution in [3.63, 3.8) is 0 Å². The highest BCUT2D eigenvalue weighted by atomic mass is 16.5. The molecule has 0 radical (unpaired) electrons. The summed E-state index contributed by atoms with van der Waals surface area (Å²) >= 11 is 0. The van der Waals surface area contributed by atoms with Gasteiger partial charge < -0.3 is 9.84 Å². The maximum Gasteiger partial charge on any atom is 0.244 e. The predicted molar refractivity (Wildman–Crippen MR) is 71.4 cm³/mol. The molecule has 3 rings (SSSR count). The van der Waals surface area contributed by atoms with Crippen LogP contribution in [-0.4, -0.2) is 21.7 Å².